The summed E-state index contributed by atoms with van der Waals surface area (Å²) >= 11 is 1.43. The minimum Gasteiger partial charge on any atom is -0.497 e. The first-order valence-electron chi connectivity index (χ1n) is 12.4. The second-order valence-corrected chi connectivity index (χ2v) is 12.0. The predicted molar refractivity (Wildman–Crippen MR) is 142 cm³/mol. The van der Waals surface area contributed by atoms with Crippen LogP contribution in [0.4, 0.5) is 0 Å². The number of benzene rings is 2. The van der Waals surface area contributed by atoms with Crippen LogP contribution in [0.25, 0.3) is 17.1 Å². The zero-order valence-electron chi connectivity index (χ0n) is 21.7. The molecule has 1 saturated carbocycles. The molecule has 1 aliphatic carbocycles. The standard InChI is InChI=1S/C28H34N4O3S/c1-27(2)14-20-15-28(3,17-27)18-31(20)24(33)16-36-26-30-29-25(22-8-6-7-9-23(22)35-5)32(26)19-10-12-21(34-4)13-11-19/h6-13,20H,14-18H2,1-5H3/t20-,28+/m1/s1. The molecule has 190 valence electrons. The smallest absolute Gasteiger partial charge is 0.233 e. The Balaban J connectivity index is 1.43. The molecular weight excluding hydrogens is 472 g/mol. The van der Waals surface area contributed by atoms with Crippen molar-refractivity contribution in [1.82, 2.24) is 19.7 Å². The van der Waals surface area contributed by atoms with E-state index < -0.39 is 0 Å². The van der Waals surface area contributed by atoms with Gasteiger partial charge in [0.15, 0.2) is 11.0 Å². The van der Waals surface area contributed by atoms with Crippen LogP contribution in [0.15, 0.2) is 53.7 Å². The molecule has 0 N–H and O–H groups in total. The zero-order chi connectivity index (χ0) is 25.5. The van der Waals surface area contributed by atoms with Crippen LogP contribution in [0.5, 0.6) is 11.5 Å². The van der Waals surface area contributed by atoms with Gasteiger partial charge in [-0.3, -0.25) is 9.36 Å². The summed E-state index contributed by atoms with van der Waals surface area (Å²) in [7, 11) is 3.30. The number of ether oxygens (including phenoxy) is 2. The van der Waals surface area contributed by atoms with Gasteiger partial charge in [0.1, 0.15) is 11.5 Å². The van der Waals surface area contributed by atoms with Crippen LogP contribution in [-0.2, 0) is 4.79 Å². The van der Waals surface area contributed by atoms with Crippen LogP contribution in [-0.4, -0.2) is 58.1 Å². The van der Waals surface area contributed by atoms with Crippen LogP contribution in [0.3, 0.4) is 0 Å². The molecule has 2 bridgehead atoms. The van der Waals surface area contributed by atoms with E-state index in [1.54, 1.807) is 14.2 Å². The number of fused-ring (bicyclic) bond motifs is 2. The lowest BCUT2D eigenvalue weighted by molar-refractivity contribution is -0.129. The first kappa shape index (κ1) is 24.7. The molecule has 0 unspecified atom stereocenters. The van der Waals surface area contributed by atoms with Crippen molar-refractivity contribution in [2.75, 3.05) is 26.5 Å². The van der Waals surface area contributed by atoms with Crippen LogP contribution in [0.2, 0.25) is 0 Å². The fourth-order valence-corrected chi connectivity index (χ4v) is 7.13. The Morgan fingerprint density at radius 3 is 2.50 bits per heavy atom. The summed E-state index contributed by atoms with van der Waals surface area (Å²) in [4.78, 5) is 15.6. The van der Waals surface area contributed by atoms with E-state index >= 15 is 0 Å². The van der Waals surface area contributed by atoms with E-state index in [1.165, 1.54) is 18.2 Å². The summed E-state index contributed by atoms with van der Waals surface area (Å²) < 4.78 is 12.9. The summed E-state index contributed by atoms with van der Waals surface area (Å²) in [5.41, 5.74) is 2.22. The summed E-state index contributed by atoms with van der Waals surface area (Å²) in [5.74, 6) is 2.65. The van der Waals surface area contributed by atoms with Gasteiger partial charge in [0.25, 0.3) is 0 Å². The van der Waals surface area contributed by atoms with E-state index in [0.717, 1.165) is 36.4 Å². The molecule has 0 spiro atoms. The highest BCUT2D eigenvalue weighted by atomic mass is 32.2. The first-order valence-corrected chi connectivity index (χ1v) is 13.4. The maximum Gasteiger partial charge on any atom is 0.233 e. The highest BCUT2D eigenvalue weighted by molar-refractivity contribution is 7.99. The van der Waals surface area contributed by atoms with Crippen molar-refractivity contribution < 1.29 is 14.3 Å². The summed E-state index contributed by atoms with van der Waals surface area (Å²) in [5, 5.41) is 9.71. The number of thioether (sulfide) groups is 1. The number of methoxy groups -OCH3 is 2. The minimum atomic E-state index is 0.176. The van der Waals surface area contributed by atoms with E-state index in [1.807, 2.05) is 53.1 Å². The summed E-state index contributed by atoms with van der Waals surface area (Å²) in [6.45, 7) is 7.84. The van der Waals surface area contributed by atoms with Gasteiger partial charge in [-0.15, -0.1) is 10.2 Å². The van der Waals surface area contributed by atoms with Crippen molar-refractivity contribution in [3.05, 3.63) is 48.5 Å². The normalized spacial score (nSPS) is 22.5. The molecule has 2 aromatic carbocycles. The number of carbonyl (C=O) groups excluding carboxylic acids is 1. The van der Waals surface area contributed by atoms with E-state index in [0.29, 0.717) is 28.5 Å². The topological polar surface area (TPSA) is 69.5 Å². The lowest BCUT2D eigenvalue weighted by atomic mass is 9.65. The van der Waals surface area contributed by atoms with E-state index in [2.05, 4.69) is 35.9 Å². The third-order valence-corrected chi connectivity index (χ3v) is 8.29. The van der Waals surface area contributed by atoms with Gasteiger partial charge in [0, 0.05) is 12.6 Å². The molecule has 2 aliphatic rings. The second-order valence-electron chi connectivity index (χ2n) is 11.1. The van der Waals surface area contributed by atoms with Gasteiger partial charge in [0.05, 0.1) is 31.2 Å². The summed E-state index contributed by atoms with van der Waals surface area (Å²) in [6, 6.07) is 15.9. The Bertz CT molecular complexity index is 1260. The number of aromatic nitrogens is 3. The molecule has 2 heterocycles. The lowest BCUT2D eigenvalue weighted by Gasteiger charge is -2.39. The largest absolute Gasteiger partial charge is 0.497 e. The van der Waals surface area contributed by atoms with E-state index in [9.17, 15) is 4.79 Å². The highest BCUT2D eigenvalue weighted by Gasteiger charge is 2.50. The molecule has 1 saturated heterocycles. The van der Waals surface area contributed by atoms with E-state index in [4.69, 9.17) is 9.47 Å². The monoisotopic (exact) mass is 506 g/mol. The van der Waals surface area contributed by atoms with Gasteiger partial charge >= 0.3 is 0 Å². The molecular formula is C28H34N4O3S. The minimum absolute atomic E-state index is 0.176. The fraction of sp³-hybridized carbons (Fsp3) is 0.464. The quantitative estimate of drug-likeness (QED) is 0.396. The average Bonchev–Trinajstić information content (AvgIpc) is 3.39. The van der Waals surface area contributed by atoms with Crippen molar-refractivity contribution in [3.8, 4) is 28.6 Å². The Labute approximate surface area is 217 Å². The van der Waals surface area contributed by atoms with Gasteiger partial charge in [-0.25, -0.2) is 0 Å². The number of para-hydroxylation sites is 1. The molecule has 0 radical (unpaired) electrons. The third kappa shape index (κ3) is 4.71. The number of hydrogen-bond donors (Lipinski definition) is 0. The van der Waals surface area contributed by atoms with Crippen LogP contribution in [0, 0.1) is 10.8 Å². The lowest BCUT2D eigenvalue weighted by Crippen LogP contribution is -2.38. The van der Waals surface area contributed by atoms with Crippen molar-refractivity contribution in [2.45, 2.75) is 51.2 Å². The van der Waals surface area contributed by atoms with Crippen LogP contribution in [0.1, 0.15) is 40.0 Å². The van der Waals surface area contributed by atoms with Gasteiger partial charge in [-0.1, -0.05) is 44.7 Å². The van der Waals surface area contributed by atoms with Crippen LogP contribution < -0.4 is 9.47 Å². The Kier molecular flexibility index (Phi) is 6.49. The molecule has 36 heavy (non-hydrogen) atoms. The number of hydrogen-bond acceptors (Lipinski definition) is 6. The fourth-order valence-electron chi connectivity index (χ4n) is 6.29. The van der Waals surface area contributed by atoms with Gasteiger partial charge in [0.2, 0.25) is 5.91 Å². The predicted octanol–water partition coefficient (Wildman–Crippen LogP) is 5.47. The third-order valence-electron chi connectivity index (χ3n) is 7.37. The first-order chi connectivity index (χ1) is 17.2. The van der Waals surface area contributed by atoms with Gasteiger partial charge in [-0.05, 0) is 66.5 Å². The van der Waals surface area contributed by atoms with Gasteiger partial charge < -0.3 is 14.4 Å². The molecule has 1 amide bonds. The molecule has 3 aromatic rings. The Hall–Kier alpha value is -3.00. The number of carbonyl (C=O) groups is 1. The van der Waals surface area contributed by atoms with Crippen molar-refractivity contribution in [2.24, 2.45) is 10.8 Å². The number of amides is 1. The number of rotatable bonds is 7. The molecule has 2 atom stereocenters. The average molecular weight is 507 g/mol. The molecule has 8 heteroatoms. The number of likely N-dealkylation sites (tertiary alicyclic amines) is 1. The number of nitrogens with zero attached hydrogens (tertiary/aromatic N) is 4. The molecule has 1 aromatic heterocycles. The zero-order valence-corrected chi connectivity index (χ0v) is 22.5. The van der Waals surface area contributed by atoms with Crippen molar-refractivity contribution in [3.63, 3.8) is 0 Å². The van der Waals surface area contributed by atoms with Crippen molar-refractivity contribution >= 4 is 17.7 Å². The molecule has 1 aliphatic heterocycles. The van der Waals surface area contributed by atoms with E-state index in [-0.39, 0.29) is 16.7 Å². The highest BCUT2D eigenvalue weighted by Crippen LogP contribution is 2.52. The van der Waals surface area contributed by atoms with Crippen LogP contribution >= 0.6 is 11.8 Å². The Morgan fingerprint density at radius 2 is 1.78 bits per heavy atom. The summed E-state index contributed by atoms with van der Waals surface area (Å²) in [6.07, 6.45) is 3.34. The molecule has 2 fully saturated rings. The molecule has 5 rings (SSSR count). The van der Waals surface area contributed by atoms with Gasteiger partial charge in [-0.2, -0.15) is 0 Å². The van der Waals surface area contributed by atoms with Crippen molar-refractivity contribution in [1.29, 1.82) is 0 Å². The second kappa shape index (κ2) is 9.47. The molecule has 7 nitrogen and oxygen atoms in total. The maximum atomic E-state index is 13.4. The SMILES string of the molecule is COc1ccc(-n2c(SCC(=O)N3C[C@@]4(C)C[C@H]3CC(C)(C)C4)nnc2-c2ccccc2OC)cc1. The maximum absolute atomic E-state index is 13.4. The Morgan fingerprint density at radius 1 is 1.03 bits per heavy atom.